The van der Waals surface area contributed by atoms with Gasteiger partial charge >= 0.3 is 9.33 Å². The van der Waals surface area contributed by atoms with E-state index in [0.29, 0.717) is 0 Å². The Morgan fingerprint density at radius 3 is 2.00 bits per heavy atom. The van der Waals surface area contributed by atoms with Crippen LogP contribution in [0.2, 0.25) is 0 Å². The molecule has 17 heavy (non-hydrogen) atoms. The van der Waals surface area contributed by atoms with Crippen LogP contribution in [0.5, 0.6) is 0 Å². The van der Waals surface area contributed by atoms with Crippen molar-refractivity contribution < 1.29 is 13.0 Å². The topological polar surface area (TPSA) is 54.4 Å². The summed E-state index contributed by atoms with van der Waals surface area (Å²) < 4.78 is 24.6. The summed E-state index contributed by atoms with van der Waals surface area (Å²) in [6, 6.07) is 10.2. The van der Waals surface area contributed by atoms with Crippen LogP contribution in [0.25, 0.3) is 0 Å². The van der Waals surface area contributed by atoms with E-state index in [0.717, 1.165) is 12.8 Å². The molecule has 0 unspecified atom stereocenters. The molecule has 0 amide bonds. The van der Waals surface area contributed by atoms with E-state index in [9.17, 15) is 0 Å². The van der Waals surface area contributed by atoms with Gasteiger partial charge in [-0.05, 0) is 25.3 Å². The van der Waals surface area contributed by atoms with E-state index in [2.05, 4.69) is 22.8 Å². The molecule has 1 N–H and O–H groups in total. The molecule has 1 rings (SSSR count). The highest BCUT2D eigenvalue weighted by atomic mass is 35.7. The lowest BCUT2D eigenvalue weighted by molar-refractivity contribution is 0.501. The standard InChI is InChI=1S/C10H12Cl2.ClHO3S/c1-10(11,12)8-7-9-5-3-2-4-6-9;1-5(2,3)4/h2-6H,7-8H2,1H3;(H,2,3,4). The Balaban J connectivity index is 0.000000437. The SMILES string of the molecule is CC(Cl)(Cl)CCc1ccccc1.O=S(=O)(O)Cl. The third-order valence-corrected chi connectivity index (χ3v) is 2.07. The number of alkyl halides is 2. The van der Waals surface area contributed by atoms with Gasteiger partial charge in [0.1, 0.15) is 4.33 Å². The second kappa shape index (κ2) is 7.44. The van der Waals surface area contributed by atoms with Crippen molar-refractivity contribution in [3.05, 3.63) is 35.9 Å². The zero-order valence-corrected chi connectivity index (χ0v) is 12.2. The third kappa shape index (κ3) is 16.0. The van der Waals surface area contributed by atoms with Crippen LogP contribution >= 0.6 is 33.9 Å². The highest BCUT2D eigenvalue weighted by Gasteiger charge is 2.15. The van der Waals surface area contributed by atoms with E-state index in [1.807, 2.05) is 25.1 Å². The van der Waals surface area contributed by atoms with Crippen LogP contribution in [-0.2, 0) is 15.8 Å². The van der Waals surface area contributed by atoms with E-state index in [1.165, 1.54) is 5.56 Å². The summed E-state index contributed by atoms with van der Waals surface area (Å²) in [5.41, 5.74) is 1.28. The van der Waals surface area contributed by atoms with Gasteiger partial charge in [0.2, 0.25) is 0 Å². The average molecular weight is 320 g/mol. The second-order valence-corrected chi connectivity index (χ2v) is 7.32. The normalized spacial score (nSPS) is 11.6. The van der Waals surface area contributed by atoms with Gasteiger partial charge in [0.05, 0.1) is 0 Å². The molecule has 1 aromatic rings. The quantitative estimate of drug-likeness (QED) is 0.523. The summed E-state index contributed by atoms with van der Waals surface area (Å²) in [5.74, 6) is 0. The van der Waals surface area contributed by atoms with Crippen LogP contribution in [0.4, 0.5) is 0 Å². The Kier molecular flexibility index (Phi) is 7.44. The lowest BCUT2D eigenvalue weighted by atomic mass is 10.1. The van der Waals surface area contributed by atoms with Crippen molar-refractivity contribution in [2.24, 2.45) is 0 Å². The molecule has 0 aliphatic heterocycles. The molecule has 98 valence electrons. The zero-order chi connectivity index (χ0) is 13.5. The van der Waals surface area contributed by atoms with Gasteiger partial charge in [0, 0.05) is 10.7 Å². The summed E-state index contributed by atoms with van der Waals surface area (Å²) in [5, 5.41) is 0. The van der Waals surface area contributed by atoms with Crippen LogP contribution in [-0.4, -0.2) is 17.3 Å². The monoisotopic (exact) mass is 318 g/mol. The highest BCUT2D eigenvalue weighted by molar-refractivity contribution is 8.09. The zero-order valence-electron chi connectivity index (χ0n) is 9.11. The molecule has 0 saturated heterocycles. The van der Waals surface area contributed by atoms with Crippen molar-refractivity contribution in [2.75, 3.05) is 0 Å². The molecule has 0 heterocycles. The summed E-state index contributed by atoms with van der Waals surface area (Å²) in [6.07, 6.45) is 1.73. The van der Waals surface area contributed by atoms with E-state index < -0.39 is 13.7 Å². The molecule has 0 aliphatic rings. The van der Waals surface area contributed by atoms with Crippen molar-refractivity contribution in [1.29, 1.82) is 0 Å². The van der Waals surface area contributed by atoms with E-state index >= 15 is 0 Å². The molecule has 7 heteroatoms. The van der Waals surface area contributed by atoms with Gasteiger partial charge in [-0.3, -0.25) is 4.55 Å². The number of rotatable bonds is 3. The molecule has 0 spiro atoms. The number of hydrogen-bond donors (Lipinski definition) is 1. The summed E-state index contributed by atoms with van der Waals surface area (Å²) in [4.78, 5) is 0. The number of halogens is 3. The predicted molar refractivity (Wildman–Crippen MR) is 72.3 cm³/mol. The fourth-order valence-corrected chi connectivity index (χ4v) is 1.20. The van der Waals surface area contributed by atoms with Gasteiger partial charge in [-0.25, -0.2) is 0 Å². The average Bonchev–Trinajstić information content (AvgIpc) is 2.13. The molecule has 0 fully saturated rings. The molecule has 0 bridgehead atoms. The van der Waals surface area contributed by atoms with Crippen molar-refractivity contribution >= 4 is 43.2 Å². The van der Waals surface area contributed by atoms with Crippen LogP contribution in [0.3, 0.4) is 0 Å². The van der Waals surface area contributed by atoms with Crippen LogP contribution < -0.4 is 0 Å². The molecule has 0 saturated carbocycles. The molecule has 0 aliphatic carbocycles. The first-order valence-corrected chi connectivity index (χ1v) is 7.69. The molecular weight excluding hydrogens is 307 g/mol. The van der Waals surface area contributed by atoms with Gasteiger partial charge in [0.15, 0.2) is 0 Å². The summed E-state index contributed by atoms with van der Waals surface area (Å²) in [7, 11) is -0.137. The lowest BCUT2D eigenvalue weighted by Crippen LogP contribution is -2.07. The third-order valence-electron chi connectivity index (χ3n) is 1.70. The Labute approximate surface area is 116 Å². The van der Waals surface area contributed by atoms with Gasteiger partial charge in [0.25, 0.3) is 0 Å². The van der Waals surface area contributed by atoms with Crippen molar-refractivity contribution in [3.8, 4) is 0 Å². The van der Waals surface area contributed by atoms with E-state index in [-0.39, 0.29) is 0 Å². The first kappa shape index (κ1) is 17.0. The lowest BCUT2D eigenvalue weighted by Gasteiger charge is -2.12. The highest BCUT2D eigenvalue weighted by Crippen LogP contribution is 2.25. The Hall–Kier alpha value is -0.000000000000000111. The van der Waals surface area contributed by atoms with Gasteiger partial charge < -0.3 is 0 Å². The minimum atomic E-state index is -4.19. The minimum absolute atomic E-state index is 0.601. The van der Waals surface area contributed by atoms with Gasteiger partial charge in [-0.2, -0.15) is 8.42 Å². The summed E-state index contributed by atoms with van der Waals surface area (Å²) in [6.45, 7) is 1.82. The first-order chi connectivity index (χ1) is 7.58. The Morgan fingerprint density at radius 2 is 1.65 bits per heavy atom. The molecule has 0 aromatic heterocycles. The second-order valence-electron chi connectivity index (χ2n) is 3.47. The first-order valence-electron chi connectivity index (χ1n) is 4.67. The number of benzene rings is 1. The van der Waals surface area contributed by atoms with Crippen molar-refractivity contribution in [1.82, 2.24) is 0 Å². The minimum Gasteiger partial charge on any atom is -0.273 e. The van der Waals surface area contributed by atoms with Crippen LogP contribution in [0.1, 0.15) is 18.9 Å². The largest absolute Gasteiger partial charge is 0.353 e. The number of hydrogen-bond acceptors (Lipinski definition) is 2. The molecular formula is C10H13Cl3O3S. The van der Waals surface area contributed by atoms with Crippen molar-refractivity contribution in [3.63, 3.8) is 0 Å². The molecule has 0 radical (unpaired) electrons. The van der Waals surface area contributed by atoms with E-state index in [1.54, 1.807) is 0 Å². The van der Waals surface area contributed by atoms with Gasteiger partial charge in [-0.15, -0.1) is 23.2 Å². The maximum absolute atomic E-state index is 8.95. The molecule has 3 nitrogen and oxygen atoms in total. The van der Waals surface area contributed by atoms with E-state index in [4.69, 9.17) is 36.2 Å². The number of aryl methyl sites for hydroxylation is 1. The van der Waals surface area contributed by atoms with Crippen LogP contribution in [0.15, 0.2) is 30.3 Å². The molecule has 1 aromatic carbocycles. The smallest absolute Gasteiger partial charge is 0.273 e. The fraction of sp³-hybridized carbons (Fsp3) is 0.400. The Bertz CT molecular complexity index is 404. The summed E-state index contributed by atoms with van der Waals surface area (Å²) >= 11 is 11.7. The maximum Gasteiger partial charge on any atom is 0.353 e. The molecule has 0 atom stereocenters. The van der Waals surface area contributed by atoms with Crippen LogP contribution in [0, 0.1) is 0 Å². The van der Waals surface area contributed by atoms with Gasteiger partial charge in [-0.1, -0.05) is 30.3 Å². The fourth-order valence-electron chi connectivity index (χ4n) is 1.01. The maximum atomic E-state index is 8.95. The Morgan fingerprint density at radius 1 is 1.24 bits per heavy atom. The predicted octanol–water partition coefficient (Wildman–Crippen LogP) is 3.84. The van der Waals surface area contributed by atoms with Crippen molar-refractivity contribution in [2.45, 2.75) is 24.1 Å².